The number of halogens is 3. The summed E-state index contributed by atoms with van der Waals surface area (Å²) in [6.07, 6.45) is -4.43. The molecule has 0 amide bonds. The Bertz CT molecular complexity index is 613. The summed E-state index contributed by atoms with van der Waals surface area (Å²) >= 11 is 1.33. The smallest absolute Gasteiger partial charge is 0.364 e. The summed E-state index contributed by atoms with van der Waals surface area (Å²) in [6, 6.07) is 4.87. The lowest BCUT2D eigenvalue weighted by atomic mass is 9.99. The number of Topliss-reactive ketones (excluding diaryl/α,β-unsaturated/α-hetero) is 1. The van der Waals surface area contributed by atoms with Gasteiger partial charge in [-0.1, -0.05) is 23.9 Å². The first-order valence-corrected chi connectivity index (χ1v) is 7.46. The standard InChI is InChI=1S/C15H16F3NO2S/c1-9-13(20)12(14(22-9)19(2)8-21-3)10-5-4-6-11(7-10)15(16,17)18/h4-7,9H,8H2,1-3H3. The van der Waals surface area contributed by atoms with Gasteiger partial charge in [-0.2, -0.15) is 13.2 Å². The molecule has 1 atom stereocenters. The number of ketones is 1. The van der Waals surface area contributed by atoms with Gasteiger partial charge in [-0.25, -0.2) is 0 Å². The van der Waals surface area contributed by atoms with Crippen LogP contribution in [0.25, 0.3) is 5.57 Å². The number of alkyl halides is 3. The van der Waals surface area contributed by atoms with Gasteiger partial charge in [0.15, 0.2) is 5.78 Å². The molecule has 120 valence electrons. The van der Waals surface area contributed by atoms with E-state index >= 15 is 0 Å². The Hall–Kier alpha value is -1.47. The van der Waals surface area contributed by atoms with Crippen LogP contribution in [-0.2, 0) is 15.7 Å². The molecule has 1 unspecified atom stereocenters. The van der Waals surface area contributed by atoms with Gasteiger partial charge in [0.05, 0.1) is 21.4 Å². The third kappa shape index (κ3) is 3.30. The predicted octanol–water partition coefficient (Wildman–Crippen LogP) is 3.61. The van der Waals surface area contributed by atoms with Gasteiger partial charge in [0.1, 0.15) is 6.73 Å². The first-order chi connectivity index (χ1) is 10.3. The van der Waals surface area contributed by atoms with Crippen LogP contribution in [0.1, 0.15) is 18.1 Å². The average molecular weight is 331 g/mol. The van der Waals surface area contributed by atoms with Crippen molar-refractivity contribution in [3.05, 3.63) is 40.4 Å². The van der Waals surface area contributed by atoms with E-state index in [0.717, 1.165) is 12.1 Å². The molecule has 1 aliphatic heterocycles. The minimum Gasteiger partial charge on any atom is -0.364 e. The summed E-state index contributed by atoms with van der Waals surface area (Å²) in [5, 5.41) is 0.317. The molecule has 7 heteroatoms. The number of methoxy groups -OCH3 is 1. The molecule has 0 fully saturated rings. The van der Waals surface area contributed by atoms with E-state index in [1.165, 1.54) is 31.0 Å². The van der Waals surface area contributed by atoms with Crippen molar-refractivity contribution in [2.75, 3.05) is 20.9 Å². The Kier molecular flexibility index (Phi) is 4.87. The first-order valence-electron chi connectivity index (χ1n) is 6.58. The molecule has 1 aromatic rings. The minimum atomic E-state index is -4.43. The van der Waals surface area contributed by atoms with Crippen molar-refractivity contribution in [3.63, 3.8) is 0 Å². The predicted molar refractivity (Wildman–Crippen MR) is 80.1 cm³/mol. The summed E-state index contributed by atoms with van der Waals surface area (Å²) in [5.74, 6) is -0.165. The summed E-state index contributed by atoms with van der Waals surface area (Å²) in [5.41, 5.74) is -0.152. The average Bonchev–Trinajstić information content (AvgIpc) is 2.74. The Morgan fingerprint density at radius 3 is 2.64 bits per heavy atom. The molecule has 0 saturated carbocycles. The second-order valence-electron chi connectivity index (χ2n) is 5.00. The number of hydrogen-bond acceptors (Lipinski definition) is 4. The summed E-state index contributed by atoms with van der Waals surface area (Å²) in [6.45, 7) is 2.00. The maximum atomic E-state index is 12.9. The van der Waals surface area contributed by atoms with E-state index in [2.05, 4.69) is 0 Å². The highest BCUT2D eigenvalue weighted by Crippen LogP contribution is 2.42. The molecule has 1 heterocycles. The van der Waals surface area contributed by atoms with E-state index in [0.29, 0.717) is 10.6 Å². The zero-order chi connectivity index (χ0) is 16.5. The highest BCUT2D eigenvalue weighted by atomic mass is 32.2. The number of ether oxygens (including phenoxy) is 1. The number of carbonyl (C=O) groups is 1. The molecule has 0 aliphatic carbocycles. The fourth-order valence-electron chi connectivity index (χ4n) is 2.24. The highest BCUT2D eigenvalue weighted by Gasteiger charge is 2.35. The van der Waals surface area contributed by atoms with Crippen LogP contribution in [0, 0.1) is 0 Å². The zero-order valence-electron chi connectivity index (χ0n) is 12.4. The Morgan fingerprint density at radius 2 is 2.05 bits per heavy atom. The molecule has 0 bridgehead atoms. The summed E-state index contributed by atoms with van der Waals surface area (Å²) in [4.78, 5) is 14.1. The van der Waals surface area contributed by atoms with Crippen molar-refractivity contribution >= 4 is 23.1 Å². The maximum absolute atomic E-state index is 12.9. The second-order valence-corrected chi connectivity index (χ2v) is 6.33. The van der Waals surface area contributed by atoms with E-state index in [1.54, 1.807) is 18.9 Å². The van der Waals surface area contributed by atoms with Gasteiger partial charge in [0, 0.05) is 14.2 Å². The number of thioether (sulfide) groups is 1. The second kappa shape index (κ2) is 6.34. The SMILES string of the molecule is COCN(C)C1=C(c2cccc(C(F)(F)F)c2)C(=O)C(C)S1. The van der Waals surface area contributed by atoms with Crippen LogP contribution in [0.2, 0.25) is 0 Å². The minimum absolute atomic E-state index is 0.165. The van der Waals surface area contributed by atoms with Crippen LogP contribution in [-0.4, -0.2) is 36.8 Å². The number of nitrogens with zero attached hydrogens (tertiary/aromatic N) is 1. The molecule has 1 aliphatic rings. The molecular weight excluding hydrogens is 315 g/mol. The van der Waals surface area contributed by atoms with E-state index < -0.39 is 11.7 Å². The van der Waals surface area contributed by atoms with E-state index in [4.69, 9.17) is 4.74 Å². The molecule has 0 aromatic heterocycles. The van der Waals surface area contributed by atoms with Gasteiger partial charge in [-0.3, -0.25) is 4.79 Å². The lowest BCUT2D eigenvalue weighted by molar-refractivity contribution is -0.137. The van der Waals surface area contributed by atoms with Gasteiger partial charge >= 0.3 is 6.18 Å². The van der Waals surface area contributed by atoms with Crippen molar-refractivity contribution < 1.29 is 22.7 Å². The zero-order valence-corrected chi connectivity index (χ0v) is 13.2. The fraction of sp³-hybridized carbons (Fsp3) is 0.400. The Morgan fingerprint density at radius 1 is 1.36 bits per heavy atom. The van der Waals surface area contributed by atoms with Crippen molar-refractivity contribution in [1.82, 2.24) is 4.90 Å². The van der Waals surface area contributed by atoms with E-state index in [9.17, 15) is 18.0 Å². The lowest BCUT2D eigenvalue weighted by Crippen LogP contribution is -2.19. The van der Waals surface area contributed by atoms with Crippen LogP contribution in [0.3, 0.4) is 0 Å². The molecular formula is C15H16F3NO2S. The van der Waals surface area contributed by atoms with Crippen LogP contribution in [0.5, 0.6) is 0 Å². The third-order valence-electron chi connectivity index (χ3n) is 3.27. The summed E-state index contributed by atoms with van der Waals surface area (Å²) < 4.78 is 43.6. The normalized spacial score (nSPS) is 19.0. The third-order valence-corrected chi connectivity index (χ3v) is 4.57. The van der Waals surface area contributed by atoms with Crippen LogP contribution in [0.15, 0.2) is 29.3 Å². The van der Waals surface area contributed by atoms with Crippen molar-refractivity contribution in [2.45, 2.75) is 18.3 Å². The molecule has 0 saturated heterocycles. The molecule has 0 N–H and O–H groups in total. The van der Waals surface area contributed by atoms with Crippen molar-refractivity contribution in [2.24, 2.45) is 0 Å². The number of hydrogen-bond donors (Lipinski definition) is 0. The molecule has 3 nitrogen and oxygen atoms in total. The van der Waals surface area contributed by atoms with Crippen LogP contribution < -0.4 is 0 Å². The highest BCUT2D eigenvalue weighted by molar-refractivity contribution is 8.05. The maximum Gasteiger partial charge on any atom is 0.416 e. The number of rotatable bonds is 4. The quantitative estimate of drug-likeness (QED) is 0.788. The lowest BCUT2D eigenvalue weighted by Gasteiger charge is -2.20. The molecule has 2 rings (SSSR count). The molecule has 1 aromatic carbocycles. The topological polar surface area (TPSA) is 29.5 Å². The molecule has 0 spiro atoms. The monoisotopic (exact) mass is 331 g/mol. The van der Waals surface area contributed by atoms with Gasteiger partial charge in [0.25, 0.3) is 0 Å². The van der Waals surface area contributed by atoms with Gasteiger partial charge in [-0.15, -0.1) is 0 Å². The summed E-state index contributed by atoms with van der Waals surface area (Å²) in [7, 11) is 3.26. The largest absolute Gasteiger partial charge is 0.416 e. The van der Waals surface area contributed by atoms with Gasteiger partial charge < -0.3 is 9.64 Å². The van der Waals surface area contributed by atoms with Crippen molar-refractivity contribution in [3.8, 4) is 0 Å². The molecule has 22 heavy (non-hydrogen) atoms. The number of carbonyl (C=O) groups excluding carboxylic acids is 1. The van der Waals surface area contributed by atoms with Gasteiger partial charge in [0.2, 0.25) is 0 Å². The Balaban J connectivity index is 2.51. The van der Waals surface area contributed by atoms with Crippen LogP contribution in [0.4, 0.5) is 13.2 Å². The number of benzene rings is 1. The van der Waals surface area contributed by atoms with E-state index in [-0.39, 0.29) is 23.3 Å². The fourth-order valence-corrected chi connectivity index (χ4v) is 3.37. The van der Waals surface area contributed by atoms with Crippen molar-refractivity contribution in [1.29, 1.82) is 0 Å². The Labute approximate surface area is 131 Å². The van der Waals surface area contributed by atoms with E-state index in [1.807, 2.05) is 0 Å². The van der Waals surface area contributed by atoms with Gasteiger partial charge in [-0.05, 0) is 24.6 Å². The molecule has 0 radical (unpaired) electrons. The first kappa shape index (κ1) is 16.9. The number of allylic oxidation sites excluding steroid dienone is 1. The van der Waals surface area contributed by atoms with Crippen LogP contribution >= 0.6 is 11.8 Å².